The molecule has 1 aromatic carbocycles. The van der Waals surface area contributed by atoms with Crippen LogP contribution in [0.3, 0.4) is 0 Å². The van der Waals surface area contributed by atoms with Gasteiger partial charge in [-0.15, -0.1) is 5.10 Å². The summed E-state index contributed by atoms with van der Waals surface area (Å²) in [7, 11) is -3.78. The first-order valence-corrected chi connectivity index (χ1v) is 12.0. The summed E-state index contributed by atoms with van der Waals surface area (Å²) in [6.07, 6.45) is -0.998. The maximum absolute atomic E-state index is 12.9. The second-order valence-corrected chi connectivity index (χ2v) is 11.2. The Balaban J connectivity index is 1.38. The number of hydrogen-bond donors (Lipinski definition) is 0. The highest BCUT2D eigenvalue weighted by Gasteiger charge is 2.60. The molecule has 0 bridgehead atoms. The van der Waals surface area contributed by atoms with Gasteiger partial charge in [-0.1, -0.05) is 22.9 Å². The van der Waals surface area contributed by atoms with Crippen LogP contribution in [0.1, 0.15) is 33.3 Å². The highest BCUT2D eigenvalue weighted by Crippen LogP contribution is 2.44. The molecule has 0 spiro atoms. The standard InChI is InChI=1S/C21H27N3O7S/c1-12-6-8-13(9-7-12)32(25,26)15-11-24(23-22-15)10-14-16-17(29-20(2,3)28-16)18-19(27-14)31-21(4,5)30-18/h6-9,11,14,16-19H,10H2,1-5H3. The van der Waals surface area contributed by atoms with Gasteiger partial charge in [0.1, 0.15) is 24.4 Å². The molecule has 0 radical (unpaired) electrons. The van der Waals surface area contributed by atoms with Crippen LogP contribution in [0.25, 0.3) is 0 Å². The molecule has 10 nitrogen and oxygen atoms in total. The lowest BCUT2D eigenvalue weighted by molar-refractivity contribution is -0.236. The van der Waals surface area contributed by atoms with Crippen molar-refractivity contribution >= 4 is 9.84 Å². The minimum atomic E-state index is -3.78. The van der Waals surface area contributed by atoms with Crippen LogP contribution >= 0.6 is 0 Å². The van der Waals surface area contributed by atoms with Crippen LogP contribution in [0.4, 0.5) is 0 Å². The molecule has 0 N–H and O–H groups in total. The van der Waals surface area contributed by atoms with E-state index in [1.165, 1.54) is 10.9 Å². The van der Waals surface area contributed by atoms with Gasteiger partial charge in [-0.05, 0) is 46.8 Å². The smallest absolute Gasteiger partial charge is 0.227 e. The van der Waals surface area contributed by atoms with Crippen molar-refractivity contribution in [2.45, 2.75) is 93.4 Å². The Bertz CT molecular complexity index is 1110. The summed E-state index contributed by atoms with van der Waals surface area (Å²) in [5.74, 6) is -1.63. The molecule has 5 unspecified atom stereocenters. The van der Waals surface area contributed by atoms with Crippen molar-refractivity contribution in [3.8, 4) is 0 Å². The molecule has 2 aromatic rings. The number of nitrogens with zero attached hydrogens (tertiary/aromatic N) is 3. The Labute approximate surface area is 186 Å². The van der Waals surface area contributed by atoms with Crippen LogP contribution in [0.2, 0.25) is 0 Å². The van der Waals surface area contributed by atoms with E-state index in [0.717, 1.165) is 5.56 Å². The summed E-state index contributed by atoms with van der Waals surface area (Å²) in [6, 6.07) is 6.61. The topological polar surface area (TPSA) is 111 Å². The third-order valence-corrected chi connectivity index (χ3v) is 7.37. The maximum atomic E-state index is 12.9. The van der Waals surface area contributed by atoms with E-state index in [0.29, 0.717) is 0 Å². The first-order chi connectivity index (χ1) is 14.9. The van der Waals surface area contributed by atoms with E-state index in [-0.39, 0.29) is 16.5 Å². The van der Waals surface area contributed by atoms with Crippen molar-refractivity contribution in [1.29, 1.82) is 0 Å². The normalized spacial score (nSPS) is 33.1. The molecule has 11 heteroatoms. The average molecular weight is 466 g/mol. The zero-order valence-electron chi connectivity index (χ0n) is 18.6. The first kappa shape index (κ1) is 21.9. The minimum Gasteiger partial charge on any atom is -0.342 e. The zero-order chi connectivity index (χ0) is 22.9. The quantitative estimate of drug-likeness (QED) is 0.667. The van der Waals surface area contributed by atoms with E-state index in [9.17, 15) is 8.42 Å². The monoisotopic (exact) mass is 465 g/mol. The predicted molar refractivity (Wildman–Crippen MR) is 109 cm³/mol. The Hall–Kier alpha value is -1.89. The maximum Gasteiger partial charge on any atom is 0.227 e. The molecule has 0 saturated carbocycles. The molecule has 5 rings (SSSR count). The molecule has 32 heavy (non-hydrogen) atoms. The number of sulfone groups is 1. The van der Waals surface area contributed by atoms with E-state index in [2.05, 4.69) is 10.3 Å². The first-order valence-electron chi connectivity index (χ1n) is 10.5. The van der Waals surface area contributed by atoms with Gasteiger partial charge in [0, 0.05) is 0 Å². The summed E-state index contributed by atoms with van der Waals surface area (Å²) >= 11 is 0. The van der Waals surface area contributed by atoms with Crippen LogP contribution in [0.15, 0.2) is 40.4 Å². The average Bonchev–Trinajstić information content (AvgIpc) is 3.36. The Kier molecular flexibility index (Phi) is 5.01. The van der Waals surface area contributed by atoms with Gasteiger partial charge in [0.05, 0.1) is 17.6 Å². The number of aryl methyl sites for hydroxylation is 1. The molecular formula is C21H27N3O7S. The molecule has 174 valence electrons. The molecule has 0 amide bonds. The lowest BCUT2D eigenvalue weighted by atomic mass is 9.99. The van der Waals surface area contributed by atoms with Gasteiger partial charge in [0.2, 0.25) is 14.9 Å². The fraction of sp³-hybridized carbons (Fsp3) is 0.619. The van der Waals surface area contributed by atoms with E-state index < -0.39 is 52.1 Å². The second kappa shape index (κ2) is 7.31. The van der Waals surface area contributed by atoms with Crippen LogP contribution < -0.4 is 0 Å². The highest BCUT2D eigenvalue weighted by atomic mass is 32.2. The lowest BCUT2D eigenvalue weighted by Gasteiger charge is -2.37. The fourth-order valence-electron chi connectivity index (χ4n) is 4.36. The summed E-state index contributed by atoms with van der Waals surface area (Å²) in [5.41, 5.74) is 0.970. The molecule has 3 aliphatic rings. The molecule has 3 aliphatic heterocycles. The summed E-state index contributed by atoms with van der Waals surface area (Å²) in [5, 5.41) is 7.79. The Morgan fingerprint density at radius 3 is 2.28 bits per heavy atom. The molecule has 0 aliphatic carbocycles. The van der Waals surface area contributed by atoms with Crippen molar-refractivity contribution in [1.82, 2.24) is 15.0 Å². The van der Waals surface area contributed by atoms with Gasteiger partial charge < -0.3 is 23.7 Å². The van der Waals surface area contributed by atoms with Gasteiger partial charge in [0.25, 0.3) is 0 Å². The SMILES string of the molecule is Cc1ccc(S(=O)(=O)c2cn(CC3OC4OC(C)(C)OC4C4OC(C)(C)OC34)nn2)cc1. The number of hydrogen-bond acceptors (Lipinski definition) is 9. The van der Waals surface area contributed by atoms with Gasteiger partial charge in [-0.3, -0.25) is 0 Å². The fourth-order valence-corrected chi connectivity index (χ4v) is 5.50. The van der Waals surface area contributed by atoms with Gasteiger partial charge in [-0.25, -0.2) is 13.1 Å². The highest BCUT2D eigenvalue weighted by molar-refractivity contribution is 7.91. The molecule has 5 atom stereocenters. The van der Waals surface area contributed by atoms with Crippen LogP contribution in [0, 0.1) is 6.92 Å². The van der Waals surface area contributed by atoms with Gasteiger partial charge in [-0.2, -0.15) is 0 Å². The third kappa shape index (κ3) is 3.87. The van der Waals surface area contributed by atoms with Crippen LogP contribution in [-0.2, 0) is 40.1 Å². The zero-order valence-corrected chi connectivity index (χ0v) is 19.4. The number of aromatic nitrogens is 3. The van der Waals surface area contributed by atoms with Gasteiger partial charge >= 0.3 is 0 Å². The summed E-state index contributed by atoms with van der Waals surface area (Å²) < 4.78 is 57.5. The molecule has 1 aromatic heterocycles. The minimum absolute atomic E-state index is 0.128. The van der Waals surface area contributed by atoms with Crippen LogP contribution in [-0.4, -0.2) is 65.7 Å². The van der Waals surface area contributed by atoms with Crippen molar-refractivity contribution < 1.29 is 32.1 Å². The largest absolute Gasteiger partial charge is 0.342 e. The Morgan fingerprint density at radius 2 is 1.56 bits per heavy atom. The van der Waals surface area contributed by atoms with E-state index in [1.54, 1.807) is 24.3 Å². The third-order valence-electron chi connectivity index (χ3n) is 5.74. The van der Waals surface area contributed by atoms with Crippen molar-refractivity contribution in [2.24, 2.45) is 0 Å². The molecule has 3 fully saturated rings. The number of ether oxygens (including phenoxy) is 5. The van der Waals surface area contributed by atoms with E-state index >= 15 is 0 Å². The number of fused-ring (bicyclic) bond motifs is 3. The van der Waals surface area contributed by atoms with E-state index in [1.807, 2.05) is 34.6 Å². The molecule has 4 heterocycles. The Morgan fingerprint density at radius 1 is 0.938 bits per heavy atom. The summed E-state index contributed by atoms with van der Waals surface area (Å²) in [4.78, 5) is 0.167. The predicted octanol–water partition coefficient (Wildman–Crippen LogP) is 1.82. The number of rotatable bonds is 4. The van der Waals surface area contributed by atoms with Crippen molar-refractivity contribution in [3.63, 3.8) is 0 Å². The van der Waals surface area contributed by atoms with Crippen molar-refractivity contribution in [2.75, 3.05) is 0 Å². The number of benzene rings is 1. The van der Waals surface area contributed by atoms with Crippen molar-refractivity contribution in [3.05, 3.63) is 36.0 Å². The molecular weight excluding hydrogens is 438 g/mol. The lowest BCUT2D eigenvalue weighted by Crippen LogP contribution is -2.56. The summed E-state index contributed by atoms with van der Waals surface area (Å²) in [6.45, 7) is 9.41. The van der Waals surface area contributed by atoms with Gasteiger partial charge in [0.15, 0.2) is 17.9 Å². The van der Waals surface area contributed by atoms with E-state index in [4.69, 9.17) is 23.7 Å². The van der Waals surface area contributed by atoms with Crippen LogP contribution in [0.5, 0.6) is 0 Å². The second-order valence-electron chi connectivity index (χ2n) is 9.30. The molecule has 3 saturated heterocycles.